The lowest BCUT2D eigenvalue weighted by Crippen LogP contribution is -2.43. The Balaban J connectivity index is 1.79. The second-order valence-corrected chi connectivity index (χ2v) is 6.81. The molecular weight excluding hydrogens is 266 g/mol. The van der Waals surface area contributed by atoms with Crippen LogP contribution in [0.2, 0.25) is 0 Å². The van der Waals surface area contributed by atoms with Gasteiger partial charge in [0, 0.05) is 18.8 Å². The highest BCUT2D eigenvalue weighted by molar-refractivity contribution is 5.73. The molecule has 1 aromatic carbocycles. The van der Waals surface area contributed by atoms with Crippen molar-refractivity contribution in [1.29, 1.82) is 0 Å². The Labute approximate surface area is 125 Å². The van der Waals surface area contributed by atoms with Gasteiger partial charge in [0.05, 0.1) is 17.6 Å². The number of nitrogens with zero attached hydrogens (tertiary/aromatic N) is 1. The van der Waals surface area contributed by atoms with Gasteiger partial charge in [-0.3, -0.25) is 4.79 Å². The molecule has 114 valence electrons. The van der Waals surface area contributed by atoms with Gasteiger partial charge in [-0.2, -0.15) is 0 Å². The Hall–Kier alpha value is -1.55. The molecule has 2 unspecified atom stereocenters. The Morgan fingerprint density at radius 2 is 2.19 bits per heavy atom. The average molecular weight is 289 g/mol. The van der Waals surface area contributed by atoms with Crippen LogP contribution in [0.15, 0.2) is 24.3 Å². The lowest BCUT2D eigenvalue weighted by atomic mass is 9.92. The number of anilines is 1. The lowest BCUT2D eigenvalue weighted by molar-refractivity contribution is -0.141. The Bertz CT molecular complexity index is 541. The second-order valence-electron chi connectivity index (χ2n) is 6.81. The fourth-order valence-electron chi connectivity index (χ4n) is 3.48. The first-order valence-electron chi connectivity index (χ1n) is 7.68. The van der Waals surface area contributed by atoms with Gasteiger partial charge in [0.25, 0.3) is 0 Å². The van der Waals surface area contributed by atoms with E-state index in [4.69, 9.17) is 4.74 Å². The molecule has 0 aromatic heterocycles. The third-order valence-corrected chi connectivity index (χ3v) is 4.57. The molecule has 0 radical (unpaired) electrons. The number of fused-ring (bicyclic) bond motifs is 1. The molecule has 2 atom stereocenters. The van der Waals surface area contributed by atoms with Crippen molar-refractivity contribution in [3.63, 3.8) is 0 Å². The number of carboxylic acid groups (broad SMARTS) is 1. The van der Waals surface area contributed by atoms with Crippen LogP contribution in [0, 0.1) is 5.92 Å². The number of benzene rings is 1. The molecule has 0 saturated carbocycles. The molecule has 0 bridgehead atoms. The Morgan fingerprint density at radius 1 is 1.43 bits per heavy atom. The zero-order valence-electron chi connectivity index (χ0n) is 12.7. The molecule has 0 aliphatic carbocycles. The van der Waals surface area contributed by atoms with E-state index < -0.39 is 5.97 Å². The summed E-state index contributed by atoms with van der Waals surface area (Å²) < 4.78 is 6.07. The molecule has 1 N–H and O–H groups in total. The molecule has 4 nitrogen and oxygen atoms in total. The van der Waals surface area contributed by atoms with Gasteiger partial charge in [-0.1, -0.05) is 18.2 Å². The van der Waals surface area contributed by atoms with Crippen LogP contribution in [-0.4, -0.2) is 35.9 Å². The monoisotopic (exact) mass is 289 g/mol. The van der Waals surface area contributed by atoms with Crippen LogP contribution in [0.1, 0.15) is 32.3 Å². The molecule has 3 rings (SSSR count). The van der Waals surface area contributed by atoms with Crippen LogP contribution in [0.25, 0.3) is 0 Å². The molecule has 4 heteroatoms. The van der Waals surface area contributed by atoms with Gasteiger partial charge in [-0.15, -0.1) is 0 Å². The molecule has 1 saturated heterocycles. The van der Waals surface area contributed by atoms with E-state index in [-0.39, 0.29) is 17.6 Å². The van der Waals surface area contributed by atoms with Crippen molar-refractivity contribution in [3.05, 3.63) is 29.8 Å². The third kappa shape index (κ3) is 3.05. The molecule has 0 amide bonds. The zero-order valence-corrected chi connectivity index (χ0v) is 12.7. The fourth-order valence-corrected chi connectivity index (χ4v) is 3.48. The third-order valence-electron chi connectivity index (χ3n) is 4.57. The van der Waals surface area contributed by atoms with E-state index in [9.17, 15) is 9.90 Å². The van der Waals surface area contributed by atoms with E-state index in [1.165, 1.54) is 5.69 Å². The van der Waals surface area contributed by atoms with Crippen molar-refractivity contribution in [3.8, 4) is 0 Å². The molecule has 2 aliphatic heterocycles. The molecule has 21 heavy (non-hydrogen) atoms. The van der Waals surface area contributed by atoms with Crippen molar-refractivity contribution < 1.29 is 14.6 Å². The first-order valence-corrected chi connectivity index (χ1v) is 7.68. The highest BCUT2D eigenvalue weighted by Crippen LogP contribution is 2.34. The maximum absolute atomic E-state index is 11.4. The predicted molar refractivity (Wildman–Crippen MR) is 81.7 cm³/mol. The van der Waals surface area contributed by atoms with E-state index in [1.54, 1.807) is 0 Å². The van der Waals surface area contributed by atoms with Crippen LogP contribution in [0.3, 0.4) is 0 Å². The minimum Gasteiger partial charge on any atom is -0.481 e. The number of rotatable bonds is 3. The normalized spacial score (nSPS) is 27.4. The van der Waals surface area contributed by atoms with Crippen LogP contribution >= 0.6 is 0 Å². The van der Waals surface area contributed by atoms with Crippen molar-refractivity contribution in [2.24, 2.45) is 5.92 Å². The summed E-state index contributed by atoms with van der Waals surface area (Å²) in [6.07, 6.45) is 2.93. The van der Waals surface area contributed by atoms with Crippen LogP contribution in [0.4, 0.5) is 5.69 Å². The second kappa shape index (κ2) is 5.34. The fraction of sp³-hybridized carbons (Fsp3) is 0.588. The number of hydrogen-bond acceptors (Lipinski definition) is 3. The summed E-state index contributed by atoms with van der Waals surface area (Å²) in [7, 11) is 0. The largest absolute Gasteiger partial charge is 0.481 e. The van der Waals surface area contributed by atoms with Gasteiger partial charge in [-0.05, 0) is 44.7 Å². The first-order chi connectivity index (χ1) is 9.94. The summed E-state index contributed by atoms with van der Waals surface area (Å²) in [5.74, 6) is -1.03. The van der Waals surface area contributed by atoms with Gasteiger partial charge >= 0.3 is 5.97 Å². The Morgan fingerprint density at radius 3 is 2.86 bits per heavy atom. The number of ether oxygens (including phenoxy) is 1. The highest BCUT2D eigenvalue weighted by Gasteiger charge is 2.35. The summed E-state index contributed by atoms with van der Waals surface area (Å²) >= 11 is 0. The lowest BCUT2D eigenvalue weighted by Gasteiger charge is -2.36. The van der Waals surface area contributed by atoms with Crippen LogP contribution in [0.5, 0.6) is 0 Å². The van der Waals surface area contributed by atoms with E-state index in [1.807, 2.05) is 18.2 Å². The first kappa shape index (κ1) is 14.4. The van der Waals surface area contributed by atoms with E-state index in [2.05, 4.69) is 24.8 Å². The summed E-state index contributed by atoms with van der Waals surface area (Å²) in [6, 6.07) is 8.13. The van der Waals surface area contributed by atoms with Crippen molar-refractivity contribution in [2.75, 3.05) is 18.0 Å². The molecule has 2 heterocycles. The van der Waals surface area contributed by atoms with Crippen molar-refractivity contribution in [2.45, 2.75) is 44.8 Å². The standard InChI is InChI=1S/C17H23NO3/c1-17(2)8-7-14(21-17)11-18-10-13(16(19)20)9-12-5-3-4-6-15(12)18/h3-6,13-14H,7-11H2,1-2H3,(H,19,20). The average Bonchev–Trinajstić information content (AvgIpc) is 2.77. The number of para-hydroxylation sites is 1. The predicted octanol–water partition coefficient (Wildman–Crippen LogP) is 2.71. The maximum Gasteiger partial charge on any atom is 0.308 e. The number of carboxylic acids is 1. The van der Waals surface area contributed by atoms with Crippen LogP contribution in [-0.2, 0) is 16.0 Å². The molecule has 0 spiro atoms. The van der Waals surface area contributed by atoms with E-state index in [0.29, 0.717) is 13.0 Å². The summed E-state index contributed by atoms with van der Waals surface area (Å²) in [5, 5.41) is 9.37. The van der Waals surface area contributed by atoms with Gasteiger partial charge in [0.2, 0.25) is 0 Å². The SMILES string of the molecule is CC1(C)CCC(CN2CC(C(=O)O)Cc3ccccc32)O1. The van der Waals surface area contributed by atoms with Gasteiger partial charge in [0.1, 0.15) is 0 Å². The minimum absolute atomic E-state index is 0.0494. The molecule has 1 aromatic rings. The molecule has 1 fully saturated rings. The summed E-state index contributed by atoms with van der Waals surface area (Å²) in [6.45, 7) is 5.60. The maximum atomic E-state index is 11.4. The van der Waals surface area contributed by atoms with E-state index in [0.717, 1.165) is 24.9 Å². The van der Waals surface area contributed by atoms with Gasteiger partial charge in [0.15, 0.2) is 0 Å². The Kier molecular flexibility index (Phi) is 3.66. The molecule has 2 aliphatic rings. The smallest absolute Gasteiger partial charge is 0.308 e. The van der Waals surface area contributed by atoms with E-state index >= 15 is 0 Å². The summed E-state index contributed by atoms with van der Waals surface area (Å²) in [4.78, 5) is 13.6. The van der Waals surface area contributed by atoms with Crippen molar-refractivity contribution >= 4 is 11.7 Å². The zero-order chi connectivity index (χ0) is 15.0. The quantitative estimate of drug-likeness (QED) is 0.929. The molecular formula is C17H23NO3. The highest BCUT2D eigenvalue weighted by atomic mass is 16.5. The minimum atomic E-state index is -0.706. The van der Waals surface area contributed by atoms with Crippen LogP contribution < -0.4 is 4.90 Å². The number of carbonyl (C=O) groups is 1. The number of hydrogen-bond donors (Lipinski definition) is 1. The summed E-state index contributed by atoms with van der Waals surface area (Å²) in [5.41, 5.74) is 2.25. The van der Waals surface area contributed by atoms with Crippen molar-refractivity contribution in [1.82, 2.24) is 0 Å². The topological polar surface area (TPSA) is 49.8 Å². The number of aliphatic carboxylic acids is 1. The van der Waals surface area contributed by atoms with Gasteiger partial charge in [-0.25, -0.2) is 0 Å². The van der Waals surface area contributed by atoms with Gasteiger partial charge < -0.3 is 14.7 Å².